The smallest absolute Gasteiger partial charge is 0.279 e. The molecule has 0 aliphatic carbocycles. The summed E-state index contributed by atoms with van der Waals surface area (Å²) in [6.45, 7) is 3.77. The van der Waals surface area contributed by atoms with Crippen molar-refractivity contribution in [2.45, 2.75) is 4.90 Å². The zero-order chi connectivity index (χ0) is 19.4. The molecule has 0 radical (unpaired) electrons. The van der Waals surface area contributed by atoms with Crippen LogP contribution in [-0.2, 0) is 14.8 Å². The van der Waals surface area contributed by atoms with E-state index in [1.807, 2.05) is 24.3 Å². The standard InChI is InChI=1S/C18H21ClN4O3S/c19-14-2-1-3-16(12-14)23-10-8-22(9-11-23)13-18(24)21-15-4-6-17(7-5-15)27(20,25)26/h1-7,12H,8-11,13H2,(H,21,24)(H2,20,25,26)/p+1. The number of anilines is 2. The molecule has 9 heteroatoms. The summed E-state index contributed by atoms with van der Waals surface area (Å²) in [5.74, 6) is -0.107. The Morgan fingerprint density at radius 2 is 1.81 bits per heavy atom. The number of nitrogens with two attached hydrogens (primary N) is 1. The fourth-order valence-corrected chi connectivity index (χ4v) is 3.79. The van der Waals surface area contributed by atoms with Gasteiger partial charge in [0, 0.05) is 16.4 Å². The minimum atomic E-state index is -3.73. The maximum absolute atomic E-state index is 12.3. The van der Waals surface area contributed by atoms with Gasteiger partial charge < -0.3 is 15.1 Å². The average Bonchev–Trinajstić information content (AvgIpc) is 2.62. The number of hydrogen-bond acceptors (Lipinski definition) is 4. The van der Waals surface area contributed by atoms with Crippen LogP contribution < -0.4 is 20.3 Å². The molecule has 1 amide bonds. The van der Waals surface area contributed by atoms with Crippen molar-refractivity contribution in [2.75, 3.05) is 42.9 Å². The molecule has 0 atom stereocenters. The van der Waals surface area contributed by atoms with Gasteiger partial charge in [-0.2, -0.15) is 0 Å². The number of carbonyl (C=O) groups excluding carboxylic acids is 1. The molecule has 1 heterocycles. The van der Waals surface area contributed by atoms with Crippen molar-refractivity contribution in [2.24, 2.45) is 5.14 Å². The van der Waals surface area contributed by atoms with Crippen molar-refractivity contribution >= 4 is 38.9 Å². The summed E-state index contributed by atoms with van der Waals surface area (Å²) in [5, 5.41) is 8.57. The molecule has 2 aromatic rings. The molecule has 0 unspecified atom stereocenters. The summed E-state index contributed by atoms with van der Waals surface area (Å²) < 4.78 is 22.5. The molecule has 1 aliphatic heterocycles. The minimum absolute atomic E-state index is 0.0169. The van der Waals surface area contributed by atoms with E-state index in [0.29, 0.717) is 12.2 Å². The monoisotopic (exact) mass is 409 g/mol. The van der Waals surface area contributed by atoms with E-state index < -0.39 is 10.0 Å². The lowest BCUT2D eigenvalue weighted by molar-refractivity contribution is -0.892. The normalized spacial score (nSPS) is 15.6. The highest BCUT2D eigenvalue weighted by molar-refractivity contribution is 7.89. The first-order chi connectivity index (χ1) is 12.8. The summed E-state index contributed by atoms with van der Waals surface area (Å²) in [6, 6.07) is 13.6. The molecule has 0 bridgehead atoms. The van der Waals surface area contributed by atoms with Crippen LogP contribution >= 0.6 is 11.6 Å². The van der Waals surface area contributed by atoms with Crippen molar-refractivity contribution < 1.29 is 18.1 Å². The largest absolute Gasteiger partial charge is 0.360 e. The molecule has 3 rings (SSSR count). The third kappa shape index (κ3) is 5.43. The van der Waals surface area contributed by atoms with E-state index in [4.69, 9.17) is 16.7 Å². The third-order valence-corrected chi connectivity index (χ3v) is 5.69. The van der Waals surface area contributed by atoms with Crippen LogP contribution in [0.4, 0.5) is 11.4 Å². The Labute approximate surface area is 163 Å². The number of halogens is 1. The summed E-state index contributed by atoms with van der Waals surface area (Å²) in [6.07, 6.45) is 0. The zero-order valence-electron chi connectivity index (χ0n) is 14.7. The van der Waals surface area contributed by atoms with E-state index in [9.17, 15) is 13.2 Å². The number of piperazine rings is 1. The molecule has 2 aromatic carbocycles. The van der Waals surface area contributed by atoms with E-state index in [0.717, 1.165) is 36.9 Å². The van der Waals surface area contributed by atoms with Crippen molar-refractivity contribution in [1.29, 1.82) is 0 Å². The molecule has 0 aromatic heterocycles. The van der Waals surface area contributed by atoms with E-state index >= 15 is 0 Å². The Morgan fingerprint density at radius 3 is 2.41 bits per heavy atom. The Balaban J connectivity index is 1.49. The number of nitrogens with zero attached hydrogens (tertiary/aromatic N) is 1. The van der Waals surface area contributed by atoms with Crippen LogP contribution in [0.5, 0.6) is 0 Å². The first-order valence-electron chi connectivity index (χ1n) is 8.58. The third-order valence-electron chi connectivity index (χ3n) is 4.52. The van der Waals surface area contributed by atoms with Crippen molar-refractivity contribution in [3.05, 3.63) is 53.6 Å². The van der Waals surface area contributed by atoms with Gasteiger partial charge in [-0.3, -0.25) is 4.79 Å². The predicted octanol–water partition coefficient (Wildman–Crippen LogP) is 0.331. The van der Waals surface area contributed by atoms with E-state index in [1.54, 1.807) is 0 Å². The highest BCUT2D eigenvalue weighted by Gasteiger charge is 2.22. The lowest BCUT2D eigenvalue weighted by atomic mass is 10.2. The van der Waals surface area contributed by atoms with Gasteiger partial charge in [0.15, 0.2) is 6.54 Å². The highest BCUT2D eigenvalue weighted by atomic mass is 35.5. The van der Waals surface area contributed by atoms with E-state index in [2.05, 4.69) is 10.2 Å². The van der Waals surface area contributed by atoms with Gasteiger partial charge in [0.25, 0.3) is 5.91 Å². The van der Waals surface area contributed by atoms with Crippen molar-refractivity contribution in [1.82, 2.24) is 0 Å². The maximum Gasteiger partial charge on any atom is 0.279 e. The number of carbonyl (C=O) groups is 1. The van der Waals surface area contributed by atoms with Crippen LogP contribution in [0.3, 0.4) is 0 Å². The summed E-state index contributed by atoms with van der Waals surface area (Å²) in [4.78, 5) is 15.7. The highest BCUT2D eigenvalue weighted by Crippen LogP contribution is 2.19. The zero-order valence-corrected chi connectivity index (χ0v) is 16.3. The fourth-order valence-electron chi connectivity index (χ4n) is 3.09. The minimum Gasteiger partial charge on any atom is -0.360 e. The second-order valence-corrected chi connectivity index (χ2v) is 8.51. The average molecular weight is 410 g/mol. The molecule has 4 N–H and O–H groups in total. The van der Waals surface area contributed by atoms with Crippen LogP contribution in [-0.4, -0.2) is 47.0 Å². The van der Waals surface area contributed by atoms with Crippen LogP contribution in [0.2, 0.25) is 5.02 Å². The van der Waals surface area contributed by atoms with Gasteiger partial charge in [0.05, 0.1) is 31.1 Å². The van der Waals surface area contributed by atoms with Crippen molar-refractivity contribution in [3.63, 3.8) is 0 Å². The lowest BCUT2D eigenvalue weighted by Crippen LogP contribution is -3.15. The van der Waals surface area contributed by atoms with E-state index in [-0.39, 0.29) is 10.8 Å². The molecule has 7 nitrogen and oxygen atoms in total. The Hall–Kier alpha value is -2.13. The maximum atomic E-state index is 12.3. The Morgan fingerprint density at radius 1 is 1.15 bits per heavy atom. The first-order valence-corrected chi connectivity index (χ1v) is 10.5. The van der Waals surface area contributed by atoms with Crippen LogP contribution in [0.1, 0.15) is 0 Å². The second-order valence-electron chi connectivity index (χ2n) is 6.51. The SMILES string of the molecule is NS(=O)(=O)c1ccc(NC(=O)C[NH+]2CCN(c3cccc(Cl)c3)CC2)cc1. The molecular weight excluding hydrogens is 388 g/mol. The van der Waals surface area contributed by atoms with Gasteiger partial charge in [-0.1, -0.05) is 17.7 Å². The summed E-state index contributed by atoms with van der Waals surface area (Å²) in [7, 11) is -3.73. The first kappa shape index (κ1) is 19.6. The van der Waals surface area contributed by atoms with Crippen LogP contribution in [0.25, 0.3) is 0 Å². The Bertz CT molecular complexity index is 910. The van der Waals surface area contributed by atoms with Crippen LogP contribution in [0, 0.1) is 0 Å². The fraction of sp³-hybridized carbons (Fsp3) is 0.278. The number of hydrogen-bond donors (Lipinski definition) is 3. The molecule has 27 heavy (non-hydrogen) atoms. The van der Waals surface area contributed by atoms with Gasteiger partial charge in [-0.15, -0.1) is 0 Å². The number of sulfonamides is 1. The quantitative estimate of drug-likeness (QED) is 0.663. The second kappa shape index (κ2) is 8.26. The molecular formula is C18H22ClN4O3S+. The molecule has 1 fully saturated rings. The number of nitrogens with one attached hydrogen (secondary N) is 2. The number of primary sulfonamides is 1. The summed E-state index contributed by atoms with van der Waals surface area (Å²) in [5.41, 5.74) is 1.64. The number of amides is 1. The summed E-state index contributed by atoms with van der Waals surface area (Å²) >= 11 is 6.05. The van der Waals surface area contributed by atoms with Gasteiger partial charge in [0.2, 0.25) is 10.0 Å². The number of rotatable bonds is 5. The predicted molar refractivity (Wildman–Crippen MR) is 106 cm³/mol. The lowest BCUT2D eigenvalue weighted by Gasteiger charge is -2.33. The molecule has 144 valence electrons. The molecule has 1 saturated heterocycles. The van der Waals surface area contributed by atoms with E-state index in [1.165, 1.54) is 29.2 Å². The molecule has 1 aliphatic rings. The van der Waals surface area contributed by atoms with Gasteiger partial charge >= 0.3 is 0 Å². The van der Waals surface area contributed by atoms with Crippen LogP contribution in [0.15, 0.2) is 53.4 Å². The molecule has 0 spiro atoms. The van der Waals surface area contributed by atoms with Gasteiger partial charge in [-0.25, -0.2) is 13.6 Å². The number of quaternary nitrogens is 1. The molecule has 0 saturated carbocycles. The Kier molecular flexibility index (Phi) is 6.01. The van der Waals surface area contributed by atoms with Gasteiger partial charge in [-0.05, 0) is 42.5 Å². The topological polar surface area (TPSA) is 96.9 Å². The van der Waals surface area contributed by atoms with Crippen molar-refractivity contribution in [3.8, 4) is 0 Å². The number of benzene rings is 2. The van der Waals surface area contributed by atoms with Gasteiger partial charge in [0.1, 0.15) is 0 Å².